The Morgan fingerprint density at radius 2 is 1.86 bits per heavy atom. The van der Waals surface area contributed by atoms with Crippen molar-refractivity contribution in [2.75, 3.05) is 16.0 Å². The van der Waals surface area contributed by atoms with E-state index in [4.69, 9.17) is 10.7 Å². The number of nitrogens with zero attached hydrogens (tertiary/aromatic N) is 4. The summed E-state index contributed by atoms with van der Waals surface area (Å²) in [5.41, 5.74) is 12.4. The fraction of sp³-hybridized carbons (Fsp3) is 0.0909. The monoisotopic (exact) mass is 555 g/mol. The van der Waals surface area contributed by atoms with Gasteiger partial charge in [-0.25, -0.2) is 19.8 Å². The van der Waals surface area contributed by atoms with Crippen LogP contribution in [0.25, 0.3) is 11.4 Å². The van der Waals surface area contributed by atoms with Gasteiger partial charge >= 0.3 is 5.97 Å². The van der Waals surface area contributed by atoms with Gasteiger partial charge in [-0.3, -0.25) is 4.90 Å². The Morgan fingerprint density at radius 3 is 2.55 bits per heavy atom. The van der Waals surface area contributed by atoms with Crippen molar-refractivity contribution in [1.29, 1.82) is 0 Å². The Kier molecular flexibility index (Phi) is 6.54. The molecule has 0 aliphatic carbocycles. The molecule has 2 aliphatic heterocycles. The van der Waals surface area contributed by atoms with Gasteiger partial charge in [0.25, 0.3) is 0 Å². The van der Waals surface area contributed by atoms with Gasteiger partial charge in [0, 0.05) is 23.2 Å². The van der Waals surface area contributed by atoms with Crippen LogP contribution in [0.3, 0.4) is 0 Å². The van der Waals surface area contributed by atoms with Gasteiger partial charge in [-0.2, -0.15) is 0 Å². The number of carbonyl (C=O) groups is 1. The molecule has 6 rings (SSSR count). The predicted molar refractivity (Wildman–Crippen MR) is 167 cm³/mol. The van der Waals surface area contributed by atoms with Crippen molar-refractivity contribution in [3.05, 3.63) is 137 Å². The molecule has 2 aromatic carbocycles. The van der Waals surface area contributed by atoms with Gasteiger partial charge in [0.05, 0.1) is 28.7 Å². The Morgan fingerprint density at radius 1 is 1.05 bits per heavy atom. The Bertz CT molecular complexity index is 1810. The first-order chi connectivity index (χ1) is 20.2. The smallest absolute Gasteiger partial charge is 0.335 e. The Balaban J connectivity index is 1.33. The summed E-state index contributed by atoms with van der Waals surface area (Å²) >= 11 is 0. The topological polar surface area (TPSA) is 129 Å². The normalized spacial score (nSPS) is 17.4. The highest BCUT2D eigenvalue weighted by Gasteiger charge is 2.46. The summed E-state index contributed by atoms with van der Waals surface area (Å²) in [7, 11) is 0. The average Bonchev–Trinajstić information content (AvgIpc) is 3.30. The first-order valence-corrected chi connectivity index (χ1v) is 13.4. The highest BCUT2D eigenvalue weighted by atomic mass is 16.4. The number of carboxylic acids is 1. The fourth-order valence-electron chi connectivity index (χ4n) is 5.29. The maximum atomic E-state index is 11.3. The molecule has 0 radical (unpaired) electrons. The molecule has 4 heterocycles. The Hall–Kier alpha value is -5.70. The van der Waals surface area contributed by atoms with E-state index in [0.717, 1.165) is 33.8 Å². The average molecular weight is 556 g/mol. The van der Waals surface area contributed by atoms with Crippen LogP contribution in [0.1, 0.15) is 39.5 Å². The molecule has 0 saturated heterocycles. The molecular weight excluding hydrogens is 526 g/mol. The first kappa shape index (κ1) is 26.5. The fourth-order valence-corrected chi connectivity index (χ4v) is 5.29. The van der Waals surface area contributed by atoms with Gasteiger partial charge in [0.15, 0.2) is 5.66 Å². The molecule has 4 aromatic rings. The molecule has 42 heavy (non-hydrogen) atoms. The number of hydrogen-bond acceptors (Lipinski definition) is 8. The number of rotatable bonds is 7. The molecule has 2 aromatic heterocycles. The van der Waals surface area contributed by atoms with Crippen LogP contribution in [0.2, 0.25) is 0 Å². The van der Waals surface area contributed by atoms with E-state index in [-0.39, 0.29) is 5.56 Å². The molecule has 0 fully saturated rings. The van der Waals surface area contributed by atoms with E-state index in [1.807, 2.05) is 61.5 Å². The molecule has 0 spiro atoms. The third-order valence-corrected chi connectivity index (χ3v) is 7.42. The number of aromatic carboxylic acids is 1. The molecule has 5 N–H and O–H groups in total. The van der Waals surface area contributed by atoms with Crippen LogP contribution in [0.5, 0.6) is 0 Å². The number of dihydropyridines is 1. The van der Waals surface area contributed by atoms with Crippen LogP contribution in [-0.2, 0) is 0 Å². The van der Waals surface area contributed by atoms with Gasteiger partial charge in [0.2, 0.25) is 0 Å². The highest BCUT2D eigenvalue weighted by molar-refractivity contribution is 6.16. The van der Waals surface area contributed by atoms with Crippen molar-refractivity contribution in [3.63, 3.8) is 0 Å². The number of benzene rings is 2. The number of allylic oxidation sites excluding steroid dienone is 2. The molecule has 1 unspecified atom stereocenters. The number of aliphatic imine (C=N–C) groups is 1. The van der Waals surface area contributed by atoms with Crippen LogP contribution in [0, 0.1) is 6.92 Å². The minimum absolute atomic E-state index is 0.229. The van der Waals surface area contributed by atoms with E-state index in [2.05, 4.69) is 51.1 Å². The second kappa shape index (κ2) is 10.4. The first-order valence-electron chi connectivity index (χ1n) is 13.4. The molecule has 1 atom stereocenters. The third kappa shape index (κ3) is 4.66. The number of nitrogens with one attached hydrogen (secondary N) is 2. The number of aromatic nitrogens is 2. The molecule has 0 amide bonds. The van der Waals surface area contributed by atoms with Crippen molar-refractivity contribution in [3.8, 4) is 0 Å². The van der Waals surface area contributed by atoms with Crippen molar-refractivity contribution >= 4 is 40.5 Å². The zero-order valence-corrected chi connectivity index (χ0v) is 23.2. The number of hydrogen-bond donors (Lipinski definition) is 4. The minimum Gasteiger partial charge on any atom is -0.478 e. The number of carboxylic acid groups (broad SMARTS) is 1. The maximum absolute atomic E-state index is 11.3. The number of anilines is 3. The van der Waals surface area contributed by atoms with Crippen LogP contribution < -0.4 is 21.3 Å². The van der Waals surface area contributed by atoms with Gasteiger partial charge in [-0.15, -0.1) is 0 Å². The number of nitrogen functional groups attached to an aromatic ring is 1. The molecule has 0 saturated carbocycles. The van der Waals surface area contributed by atoms with Gasteiger partial charge in [0.1, 0.15) is 17.5 Å². The zero-order valence-electron chi connectivity index (χ0n) is 23.2. The number of amidine groups is 1. The number of pyridine rings is 2. The molecule has 2 aliphatic rings. The summed E-state index contributed by atoms with van der Waals surface area (Å²) in [5.74, 6) is 0.660. The lowest BCUT2D eigenvalue weighted by molar-refractivity contribution is 0.0696. The molecule has 9 heteroatoms. The second-order valence-electron chi connectivity index (χ2n) is 10.2. The summed E-state index contributed by atoms with van der Waals surface area (Å²) < 4.78 is 0. The highest BCUT2D eigenvalue weighted by Crippen LogP contribution is 2.41. The summed E-state index contributed by atoms with van der Waals surface area (Å²) in [6, 6.07) is 22.6. The summed E-state index contributed by atoms with van der Waals surface area (Å²) in [6.45, 7) is 8.08. The van der Waals surface area contributed by atoms with Crippen molar-refractivity contribution in [1.82, 2.24) is 15.3 Å². The van der Waals surface area contributed by atoms with E-state index in [1.165, 1.54) is 0 Å². The van der Waals surface area contributed by atoms with Gasteiger partial charge in [-0.05, 0) is 73.5 Å². The largest absolute Gasteiger partial charge is 0.478 e. The van der Waals surface area contributed by atoms with Crippen molar-refractivity contribution in [2.45, 2.75) is 19.5 Å². The predicted octanol–water partition coefficient (Wildman–Crippen LogP) is 5.66. The number of fused-ring (bicyclic) bond motifs is 1. The van der Waals surface area contributed by atoms with Crippen LogP contribution >= 0.6 is 0 Å². The summed E-state index contributed by atoms with van der Waals surface area (Å²) in [6.07, 6.45) is 7.49. The van der Waals surface area contributed by atoms with Gasteiger partial charge in [-0.1, -0.05) is 43.0 Å². The molecule has 208 valence electrons. The lowest BCUT2D eigenvalue weighted by Gasteiger charge is -2.41. The maximum Gasteiger partial charge on any atom is 0.335 e. The lowest BCUT2D eigenvalue weighted by Crippen LogP contribution is -2.57. The second-order valence-corrected chi connectivity index (χ2v) is 10.2. The SMILES string of the molecule is C=C(Nc1ccc(N2C(c3cccnc3N)=NC3=CC=C(c4ccccc4)NC32C)cn1)c1ccc(C(=O)O)cc1C. The minimum atomic E-state index is -0.969. The molecular formula is C33H29N7O2. The molecule has 0 bridgehead atoms. The van der Waals surface area contributed by atoms with E-state index in [1.54, 1.807) is 30.6 Å². The van der Waals surface area contributed by atoms with E-state index in [0.29, 0.717) is 28.7 Å². The summed E-state index contributed by atoms with van der Waals surface area (Å²) in [4.78, 5) is 27.4. The van der Waals surface area contributed by atoms with Gasteiger partial charge < -0.3 is 21.5 Å². The zero-order chi connectivity index (χ0) is 29.4. The number of aryl methyl sites for hydroxylation is 1. The standard InChI is InChI=1S/C33H29N7O2/c1-20-18-23(32(41)42)11-13-25(20)21(2)37-29-16-12-24(19-36-29)40-31(26-10-7-17-35-30(26)34)38-28-15-14-27(39-33(28,40)3)22-8-5-4-6-9-22/h4-19,39H,2H2,1,3H3,(H2,34,35)(H,36,37)(H,41,42). The van der Waals surface area contributed by atoms with E-state index in [9.17, 15) is 9.90 Å². The molecule has 9 nitrogen and oxygen atoms in total. The van der Waals surface area contributed by atoms with Crippen LogP contribution in [-0.4, -0.2) is 32.5 Å². The van der Waals surface area contributed by atoms with Crippen LogP contribution in [0.4, 0.5) is 17.3 Å². The Labute approximate surface area is 243 Å². The third-order valence-electron chi connectivity index (χ3n) is 7.42. The van der Waals surface area contributed by atoms with Crippen LogP contribution in [0.15, 0.2) is 115 Å². The number of nitrogens with two attached hydrogens (primary N) is 1. The lowest BCUT2D eigenvalue weighted by atomic mass is 9.99. The van der Waals surface area contributed by atoms with Crippen molar-refractivity contribution in [2.24, 2.45) is 4.99 Å². The van der Waals surface area contributed by atoms with E-state index < -0.39 is 11.6 Å². The van der Waals surface area contributed by atoms with E-state index >= 15 is 0 Å². The van der Waals surface area contributed by atoms with Crippen molar-refractivity contribution < 1.29 is 9.90 Å². The quantitative estimate of drug-likeness (QED) is 0.230. The summed E-state index contributed by atoms with van der Waals surface area (Å²) in [5, 5.41) is 16.2.